The zero-order chi connectivity index (χ0) is 15.4. The van der Waals surface area contributed by atoms with Gasteiger partial charge in [-0.25, -0.2) is 0 Å². The number of H-pyrrole nitrogens is 1. The van der Waals surface area contributed by atoms with Crippen LogP contribution in [-0.2, 0) is 6.61 Å². The standard InChI is InChI=1S/C16H15NO4/c1-10(18)13-8-17-14(11(2)19)16(15(13)20)21-9-12-6-4-3-5-7-12/h3-8H,9H2,1-2H3,(H,17,20). The van der Waals surface area contributed by atoms with E-state index in [1.807, 2.05) is 30.3 Å². The zero-order valence-electron chi connectivity index (χ0n) is 11.8. The first-order valence-corrected chi connectivity index (χ1v) is 6.45. The summed E-state index contributed by atoms with van der Waals surface area (Å²) in [4.78, 5) is 37.9. The van der Waals surface area contributed by atoms with Gasteiger partial charge in [-0.2, -0.15) is 0 Å². The van der Waals surface area contributed by atoms with Crippen molar-refractivity contribution in [3.05, 3.63) is 63.6 Å². The fraction of sp³-hybridized carbons (Fsp3) is 0.188. The Balaban J connectivity index is 2.40. The maximum absolute atomic E-state index is 12.2. The van der Waals surface area contributed by atoms with Gasteiger partial charge >= 0.3 is 0 Å². The molecule has 2 aromatic rings. The van der Waals surface area contributed by atoms with Crippen LogP contribution in [0.5, 0.6) is 5.75 Å². The third kappa shape index (κ3) is 3.25. The van der Waals surface area contributed by atoms with Crippen molar-refractivity contribution in [1.29, 1.82) is 0 Å². The highest BCUT2D eigenvalue weighted by molar-refractivity contribution is 5.98. The molecule has 5 heteroatoms. The lowest BCUT2D eigenvalue weighted by Crippen LogP contribution is -2.20. The zero-order valence-corrected chi connectivity index (χ0v) is 11.8. The van der Waals surface area contributed by atoms with Gasteiger partial charge in [-0.05, 0) is 12.5 Å². The van der Waals surface area contributed by atoms with Crippen molar-refractivity contribution in [3.63, 3.8) is 0 Å². The first-order valence-electron chi connectivity index (χ1n) is 6.45. The molecule has 1 heterocycles. The Morgan fingerprint density at radius 1 is 1.10 bits per heavy atom. The molecule has 0 spiro atoms. The summed E-state index contributed by atoms with van der Waals surface area (Å²) in [6.45, 7) is 2.76. The number of ether oxygens (including phenoxy) is 1. The van der Waals surface area contributed by atoms with Gasteiger partial charge in [-0.15, -0.1) is 0 Å². The lowest BCUT2D eigenvalue weighted by molar-refractivity contribution is 0.0991. The summed E-state index contributed by atoms with van der Waals surface area (Å²) in [5.41, 5.74) is 0.339. The summed E-state index contributed by atoms with van der Waals surface area (Å²) in [7, 11) is 0. The molecule has 0 unspecified atom stereocenters. The molecule has 0 aliphatic rings. The topological polar surface area (TPSA) is 76.2 Å². The third-order valence-corrected chi connectivity index (χ3v) is 3.00. The number of pyridine rings is 1. The lowest BCUT2D eigenvalue weighted by atomic mass is 10.1. The second kappa shape index (κ2) is 6.17. The van der Waals surface area contributed by atoms with E-state index in [1.54, 1.807) is 0 Å². The quantitative estimate of drug-likeness (QED) is 0.856. The van der Waals surface area contributed by atoms with Crippen LogP contribution < -0.4 is 10.2 Å². The summed E-state index contributed by atoms with van der Waals surface area (Å²) < 4.78 is 5.49. The van der Waals surface area contributed by atoms with Crippen LogP contribution in [-0.4, -0.2) is 16.6 Å². The van der Waals surface area contributed by atoms with E-state index in [-0.39, 0.29) is 35.2 Å². The molecule has 0 atom stereocenters. The second-order valence-corrected chi connectivity index (χ2v) is 4.62. The number of Topliss-reactive ketones (excluding diaryl/α,β-unsaturated/α-hetero) is 2. The predicted molar refractivity (Wildman–Crippen MR) is 77.8 cm³/mol. The predicted octanol–water partition coefficient (Wildman–Crippen LogP) is 2.36. The van der Waals surface area contributed by atoms with Crippen molar-refractivity contribution in [3.8, 4) is 5.75 Å². The molecule has 0 saturated heterocycles. The van der Waals surface area contributed by atoms with E-state index in [0.29, 0.717) is 0 Å². The van der Waals surface area contributed by atoms with Crippen LogP contribution in [0, 0.1) is 0 Å². The minimum absolute atomic E-state index is 0.0249. The summed E-state index contributed by atoms with van der Waals surface area (Å²) in [5.74, 6) is -0.819. The molecule has 0 aliphatic heterocycles. The smallest absolute Gasteiger partial charge is 0.234 e. The average molecular weight is 285 g/mol. The highest BCUT2D eigenvalue weighted by Crippen LogP contribution is 2.15. The Morgan fingerprint density at radius 3 is 2.33 bits per heavy atom. The molecule has 0 amide bonds. The lowest BCUT2D eigenvalue weighted by Gasteiger charge is -2.10. The highest BCUT2D eigenvalue weighted by atomic mass is 16.5. The monoisotopic (exact) mass is 285 g/mol. The van der Waals surface area contributed by atoms with E-state index in [0.717, 1.165) is 5.56 Å². The molecule has 1 aromatic heterocycles. The number of hydrogen-bond donors (Lipinski definition) is 1. The number of aromatic nitrogens is 1. The maximum atomic E-state index is 12.2. The summed E-state index contributed by atoms with van der Waals surface area (Å²) in [5, 5.41) is 0. The molecule has 108 valence electrons. The summed E-state index contributed by atoms with van der Waals surface area (Å²) in [6.07, 6.45) is 1.25. The van der Waals surface area contributed by atoms with Crippen molar-refractivity contribution in [2.24, 2.45) is 0 Å². The molecule has 2 rings (SSSR count). The largest absolute Gasteiger partial charge is 0.483 e. The molecule has 0 radical (unpaired) electrons. The Morgan fingerprint density at radius 2 is 1.76 bits per heavy atom. The van der Waals surface area contributed by atoms with Crippen molar-refractivity contribution in [2.75, 3.05) is 0 Å². The van der Waals surface area contributed by atoms with E-state index < -0.39 is 5.43 Å². The molecule has 0 bridgehead atoms. The fourth-order valence-corrected chi connectivity index (χ4v) is 1.90. The Labute approximate surface area is 121 Å². The molecule has 0 fully saturated rings. The van der Waals surface area contributed by atoms with Gasteiger partial charge in [0.05, 0.1) is 5.56 Å². The first kappa shape index (κ1) is 14.7. The number of carbonyl (C=O) groups excluding carboxylic acids is 2. The molecule has 21 heavy (non-hydrogen) atoms. The minimum Gasteiger partial charge on any atom is -0.483 e. The van der Waals surface area contributed by atoms with Gasteiger partial charge in [0.25, 0.3) is 0 Å². The maximum Gasteiger partial charge on any atom is 0.234 e. The SMILES string of the molecule is CC(=O)c1[nH]cc(C(C)=O)c(=O)c1OCc1ccccc1. The van der Waals surface area contributed by atoms with Gasteiger partial charge in [0.1, 0.15) is 12.3 Å². The van der Waals surface area contributed by atoms with E-state index in [1.165, 1.54) is 20.0 Å². The first-order chi connectivity index (χ1) is 10.0. The van der Waals surface area contributed by atoms with Gasteiger partial charge < -0.3 is 9.72 Å². The number of carbonyl (C=O) groups is 2. The van der Waals surface area contributed by atoms with Gasteiger partial charge in [0.15, 0.2) is 17.3 Å². The third-order valence-electron chi connectivity index (χ3n) is 3.00. The van der Waals surface area contributed by atoms with Crippen molar-refractivity contribution in [2.45, 2.75) is 20.5 Å². The Kier molecular flexibility index (Phi) is 4.33. The second-order valence-electron chi connectivity index (χ2n) is 4.62. The molecule has 1 N–H and O–H groups in total. The number of benzene rings is 1. The molecular weight excluding hydrogens is 270 g/mol. The molecule has 1 aromatic carbocycles. The molecule has 0 saturated carbocycles. The number of nitrogens with one attached hydrogen (secondary N) is 1. The van der Waals surface area contributed by atoms with Crippen LogP contribution in [0.1, 0.15) is 40.3 Å². The van der Waals surface area contributed by atoms with Gasteiger partial charge in [-0.3, -0.25) is 14.4 Å². The highest BCUT2D eigenvalue weighted by Gasteiger charge is 2.18. The molecular formula is C16H15NO4. The normalized spacial score (nSPS) is 10.2. The van der Waals surface area contributed by atoms with Crippen LogP contribution >= 0.6 is 0 Å². The Hall–Kier alpha value is -2.69. The summed E-state index contributed by atoms with van der Waals surface area (Å²) in [6, 6.07) is 9.25. The van der Waals surface area contributed by atoms with E-state index in [4.69, 9.17) is 4.74 Å². The van der Waals surface area contributed by atoms with Gasteiger partial charge in [0.2, 0.25) is 5.43 Å². The minimum atomic E-state index is -0.567. The van der Waals surface area contributed by atoms with Gasteiger partial charge in [0, 0.05) is 13.1 Å². The molecule has 5 nitrogen and oxygen atoms in total. The van der Waals surface area contributed by atoms with Crippen LogP contribution in [0.15, 0.2) is 41.3 Å². The van der Waals surface area contributed by atoms with Crippen molar-refractivity contribution in [1.82, 2.24) is 4.98 Å². The van der Waals surface area contributed by atoms with Crippen LogP contribution in [0.2, 0.25) is 0 Å². The van der Waals surface area contributed by atoms with Crippen LogP contribution in [0.25, 0.3) is 0 Å². The number of aromatic amines is 1. The number of ketones is 2. The Bertz CT molecular complexity index is 732. The number of hydrogen-bond acceptors (Lipinski definition) is 4. The van der Waals surface area contributed by atoms with Crippen molar-refractivity contribution < 1.29 is 14.3 Å². The average Bonchev–Trinajstić information content (AvgIpc) is 2.46. The summed E-state index contributed by atoms with van der Waals surface area (Å²) >= 11 is 0. The van der Waals surface area contributed by atoms with E-state index in [2.05, 4.69) is 4.98 Å². The van der Waals surface area contributed by atoms with Gasteiger partial charge in [-0.1, -0.05) is 30.3 Å². The molecule has 0 aliphatic carbocycles. The fourth-order valence-electron chi connectivity index (χ4n) is 1.90. The van der Waals surface area contributed by atoms with Crippen LogP contribution in [0.3, 0.4) is 0 Å². The van der Waals surface area contributed by atoms with E-state index >= 15 is 0 Å². The van der Waals surface area contributed by atoms with Crippen molar-refractivity contribution >= 4 is 11.6 Å². The number of rotatable bonds is 5. The van der Waals surface area contributed by atoms with E-state index in [9.17, 15) is 14.4 Å². The van der Waals surface area contributed by atoms with Crippen LogP contribution in [0.4, 0.5) is 0 Å².